The molecule has 0 aliphatic heterocycles. The molecular formula is C9H12N4O5. The Balaban J connectivity index is 2.98. The van der Waals surface area contributed by atoms with Crippen LogP contribution < -0.4 is 5.73 Å². The lowest BCUT2D eigenvalue weighted by atomic mass is 10.2. The first-order valence-corrected chi connectivity index (χ1v) is 4.83. The van der Waals surface area contributed by atoms with Crippen molar-refractivity contribution in [1.29, 1.82) is 0 Å². The number of amides is 1. The van der Waals surface area contributed by atoms with Gasteiger partial charge in [-0.2, -0.15) is 5.10 Å². The first kappa shape index (κ1) is 13.5. The van der Waals surface area contributed by atoms with Gasteiger partial charge in [-0.25, -0.2) is 0 Å². The summed E-state index contributed by atoms with van der Waals surface area (Å²) in [6.07, 6.45) is 1.16. The summed E-state index contributed by atoms with van der Waals surface area (Å²) >= 11 is 0. The molecule has 0 aliphatic rings. The molecule has 18 heavy (non-hydrogen) atoms. The molecule has 0 unspecified atom stereocenters. The molecular weight excluding hydrogens is 244 g/mol. The number of aliphatic carboxylic acids is 2. The van der Waals surface area contributed by atoms with Gasteiger partial charge in [-0.15, -0.1) is 0 Å². The molecule has 4 N–H and O–H groups in total. The van der Waals surface area contributed by atoms with Gasteiger partial charge < -0.3 is 20.8 Å². The Morgan fingerprint density at radius 1 is 1.33 bits per heavy atom. The van der Waals surface area contributed by atoms with E-state index in [1.807, 2.05) is 0 Å². The van der Waals surface area contributed by atoms with E-state index in [1.165, 1.54) is 11.7 Å². The van der Waals surface area contributed by atoms with Crippen LogP contribution in [-0.4, -0.2) is 55.8 Å². The number of nitrogens with zero attached hydrogens (tertiary/aromatic N) is 3. The zero-order chi connectivity index (χ0) is 13.9. The van der Waals surface area contributed by atoms with Gasteiger partial charge in [0, 0.05) is 7.05 Å². The number of carbonyl (C=O) groups excluding carboxylic acids is 1. The first-order chi connectivity index (χ1) is 8.32. The van der Waals surface area contributed by atoms with E-state index in [4.69, 9.17) is 15.9 Å². The van der Waals surface area contributed by atoms with Crippen molar-refractivity contribution < 1.29 is 24.6 Å². The number of aryl methyl sites for hydroxylation is 1. The predicted octanol–water partition coefficient (Wildman–Crippen LogP) is -1.39. The molecule has 9 heteroatoms. The maximum atomic E-state index is 11.9. The maximum Gasteiger partial charge on any atom is 0.323 e. The Kier molecular flexibility index (Phi) is 3.87. The zero-order valence-electron chi connectivity index (χ0n) is 9.53. The second-order valence-electron chi connectivity index (χ2n) is 3.52. The standard InChI is InChI=1S/C9H12N4O5/c1-12-8(10)5(2-11-12)9(18)13(3-6(14)15)4-7(16)17/h2H,3-4,10H2,1H3,(H,14,15)(H,16,17). The van der Waals surface area contributed by atoms with Crippen LogP contribution in [0.4, 0.5) is 5.82 Å². The van der Waals surface area contributed by atoms with E-state index in [1.54, 1.807) is 0 Å². The zero-order valence-corrected chi connectivity index (χ0v) is 9.53. The Hall–Kier alpha value is -2.58. The van der Waals surface area contributed by atoms with E-state index in [2.05, 4.69) is 5.10 Å². The van der Waals surface area contributed by atoms with Crippen LogP contribution in [0.3, 0.4) is 0 Å². The van der Waals surface area contributed by atoms with Gasteiger partial charge >= 0.3 is 11.9 Å². The third-order valence-corrected chi connectivity index (χ3v) is 2.15. The number of carbonyl (C=O) groups is 3. The van der Waals surface area contributed by atoms with Crippen molar-refractivity contribution in [2.24, 2.45) is 7.05 Å². The smallest absolute Gasteiger partial charge is 0.323 e. The van der Waals surface area contributed by atoms with Crippen molar-refractivity contribution in [3.05, 3.63) is 11.8 Å². The SMILES string of the molecule is Cn1ncc(C(=O)N(CC(=O)O)CC(=O)O)c1N. The van der Waals surface area contributed by atoms with Gasteiger partial charge in [-0.05, 0) is 0 Å². The minimum atomic E-state index is -1.31. The molecule has 98 valence electrons. The van der Waals surface area contributed by atoms with Crippen LogP contribution in [0.5, 0.6) is 0 Å². The number of carboxylic acid groups (broad SMARTS) is 2. The molecule has 0 fully saturated rings. The van der Waals surface area contributed by atoms with Crippen LogP contribution >= 0.6 is 0 Å². The van der Waals surface area contributed by atoms with Crippen LogP contribution in [0.25, 0.3) is 0 Å². The molecule has 1 rings (SSSR count). The first-order valence-electron chi connectivity index (χ1n) is 4.83. The van der Waals surface area contributed by atoms with Crippen LogP contribution in [0.15, 0.2) is 6.20 Å². The van der Waals surface area contributed by atoms with E-state index in [0.717, 1.165) is 6.20 Å². The van der Waals surface area contributed by atoms with E-state index in [0.29, 0.717) is 4.90 Å². The Bertz CT molecular complexity index is 479. The molecule has 1 aromatic rings. The third-order valence-electron chi connectivity index (χ3n) is 2.15. The van der Waals surface area contributed by atoms with Crippen molar-refractivity contribution in [3.63, 3.8) is 0 Å². The summed E-state index contributed by atoms with van der Waals surface area (Å²) in [4.78, 5) is 33.7. The van der Waals surface area contributed by atoms with Gasteiger partial charge in [0.05, 0.1) is 6.20 Å². The van der Waals surface area contributed by atoms with E-state index in [9.17, 15) is 14.4 Å². The number of carboxylic acids is 2. The normalized spacial score (nSPS) is 10.1. The molecule has 0 radical (unpaired) electrons. The Morgan fingerprint density at radius 2 is 1.83 bits per heavy atom. The molecule has 1 amide bonds. The van der Waals surface area contributed by atoms with Gasteiger partial charge in [0.15, 0.2) is 0 Å². The van der Waals surface area contributed by atoms with E-state index >= 15 is 0 Å². The molecule has 0 aromatic carbocycles. The largest absolute Gasteiger partial charge is 0.480 e. The number of anilines is 1. The highest BCUT2D eigenvalue weighted by molar-refractivity contribution is 6.00. The molecule has 0 spiro atoms. The fraction of sp³-hybridized carbons (Fsp3) is 0.333. The number of nitrogens with two attached hydrogens (primary N) is 1. The summed E-state index contributed by atoms with van der Waals surface area (Å²) in [5.41, 5.74) is 5.53. The monoisotopic (exact) mass is 256 g/mol. The van der Waals surface area contributed by atoms with Crippen LogP contribution in [0, 0.1) is 0 Å². The van der Waals surface area contributed by atoms with Gasteiger partial charge in [0.1, 0.15) is 24.5 Å². The van der Waals surface area contributed by atoms with Crippen LogP contribution in [-0.2, 0) is 16.6 Å². The third kappa shape index (κ3) is 2.97. The second kappa shape index (κ2) is 5.17. The fourth-order valence-electron chi connectivity index (χ4n) is 1.31. The van der Waals surface area contributed by atoms with Crippen molar-refractivity contribution >= 4 is 23.7 Å². The van der Waals surface area contributed by atoms with Crippen molar-refractivity contribution in [2.45, 2.75) is 0 Å². The van der Waals surface area contributed by atoms with Crippen molar-refractivity contribution in [3.8, 4) is 0 Å². The van der Waals surface area contributed by atoms with Crippen LogP contribution in [0.1, 0.15) is 10.4 Å². The van der Waals surface area contributed by atoms with Crippen molar-refractivity contribution in [2.75, 3.05) is 18.8 Å². The van der Waals surface area contributed by atoms with Gasteiger partial charge in [-0.1, -0.05) is 0 Å². The lowest BCUT2D eigenvalue weighted by Crippen LogP contribution is -2.39. The van der Waals surface area contributed by atoms with Gasteiger partial charge in [-0.3, -0.25) is 19.1 Å². The number of hydrogen-bond acceptors (Lipinski definition) is 5. The number of aromatic nitrogens is 2. The highest BCUT2D eigenvalue weighted by Gasteiger charge is 2.24. The lowest BCUT2D eigenvalue weighted by Gasteiger charge is -2.17. The minimum Gasteiger partial charge on any atom is -0.480 e. The fourth-order valence-corrected chi connectivity index (χ4v) is 1.31. The molecule has 0 saturated carbocycles. The summed E-state index contributed by atoms with van der Waals surface area (Å²) in [7, 11) is 1.50. The van der Waals surface area contributed by atoms with E-state index in [-0.39, 0.29) is 11.4 Å². The topological polar surface area (TPSA) is 139 Å². The second-order valence-corrected chi connectivity index (χ2v) is 3.52. The summed E-state index contributed by atoms with van der Waals surface area (Å²) in [5.74, 6) is -3.37. The molecule has 9 nitrogen and oxygen atoms in total. The maximum absolute atomic E-state index is 11.9. The quantitative estimate of drug-likeness (QED) is 0.589. The number of rotatable bonds is 5. The minimum absolute atomic E-state index is 0.0278. The number of hydrogen-bond donors (Lipinski definition) is 3. The molecule has 1 aromatic heterocycles. The Labute approximate surface area is 101 Å². The van der Waals surface area contributed by atoms with Gasteiger partial charge in [0.2, 0.25) is 0 Å². The average Bonchev–Trinajstić information content (AvgIpc) is 2.56. The summed E-state index contributed by atoms with van der Waals surface area (Å²) < 4.78 is 1.23. The van der Waals surface area contributed by atoms with Crippen LogP contribution in [0.2, 0.25) is 0 Å². The summed E-state index contributed by atoms with van der Waals surface area (Å²) in [6.45, 7) is -1.45. The Morgan fingerprint density at radius 3 is 2.17 bits per heavy atom. The lowest BCUT2D eigenvalue weighted by molar-refractivity contribution is -0.140. The van der Waals surface area contributed by atoms with Gasteiger partial charge in [0.25, 0.3) is 5.91 Å². The summed E-state index contributed by atoms with van der Waals surface area (Å²) in [5, 5.41) is 21.0. The molecule has 0 bridgehead atoms. The molecule has 0 atom stereocenters. The van der Waals surface area contributed by atoms with E-state index < -0.39 is 30.9 Å². The highest BCUT2D eigenvalue weighted by atomic mass is 16.4. The van der Waals surface area contributed by atoms with Crippen molar-refractivity contribution in [1.82, 2.24) is 14.7 Å². The number of nitrogen functional groups attached to an aromatic ring is 1. The predicted molar refractivity (Wildman–Crippen MR) is 58.8 cm³/mol. The molecule has 0 aliphatic carbocycles. The summed E-state index contributed by atoms with van der Waals surface area (Å²) in [6, 6.07) is 0. The highest BCUT2D eigenvalue weighted by Crippen LogP contribution is 2.12. The molecule has 0 saturated heterocycles. The average molecular weight is 256 g/mol. The molecule has 1 heterocycles.